The van der Waals surface area contributed by atoms with E-state index in [1.807, 2.05) is 6.07 Å². The number of carbonyl (C=O) groups excluding carboxylic acids is 1. The Bertz CT molecular complexity index is 812. The molecule has 0 fully saturated rings. The lowest BCUT2D eigenvalue weighted by Gasteiger charge is -2.07. The second-order valence-electron chi connectivity index (χ2n) is 5.11. The van der Waals surface area contributed by atoms with Gasteiger partial charge in [0.1, 0.15) is 17.4 Å². The molecule has 2 aromatic rings. The van der Waals surface area contributed by atoms with Crippen LogP contribution in [0.2, 0.25) is 5.02 Å². The van der Waals surface area contributed by atoms with Gasteiger partial charge in [0.2, 0.25) is 0 Å². The second-order valence-corrected chi connectivity index (χ2v) is 5.51. The van der Waals surface area contributed by atoms with Crippen LogP contribution in [0.3, 0.4) is 0 Å². The lowest BCUT2D eigenvalue weighted by Crippen LogP contribution is -2.13. The number of para-hydroxylation sites is 1. The van der Waals surface area contributed by atoms with E-state index in [9.17, 15) is 15.2 Å². The standard InChI is InChI=1S/C18H15ClN2O2/c1-11-7-13(8-12(2)17(11)22)9-14(10-20)18(23)21-16-6-4-3-5-15(16)19/h3-9,22H,1-2H3,(H,21,23)/b14-9-. The lowest BCUT2D eigenvalue weighted by atomic mass is 10.0. The normalized spacial score (nSPS) is 11.0. The number of hydrogen-bond acceptors (Lipinski definition) is 3. The number of nitrogens with one attached hydrogen (secondary N) is 1. The molecule has 2 rings (SSSR count). The minimum absolute atomic E-state index is 0.0468. The minimum atomic E-state index is -0.538. The Balaban J connectivity index is 2.31. The van der Waals surface area contributed by atoms with Crippen LogP contribution in [0.5, 0.6) is 5.75 Å². The van der Waals surface area contributed by atoms with E-state index < -0.39 is 5.91 Å². The Hall–Kier alpha value is -2.77. The van der Waals surface area contributed by atoms with E-state index in [1.165, 1.54) is 6.08 Å². The molecule has 0 saturated carbocycles. The molecule has 23 heavy (non-hydrogen) atoms. The van der Waals surface area contributed by atoms with Crippen molar-refractivity contribution in [2.24, 2.45) is 0 Å². The van der Waals surface area contributed by atoms with Crippen LogP contribution in [0, 0.1) is 25.2 Å². The first-order valence-corrected chi connectivity index (χ1v) is 7.28. The van der Waals surface area contributed by atoms with Gasteiger partial charge in [0.05, 0.1) is 10.7 Å². The first kappa shape index (κ1) is 16.6. The maximum Gasteiger partial charge on any atom is 0.266 e. The molecule has 0 heterocycles. The quantitative estimate of drug-likeness (QED) is 0.655. The SMILES string of the molecule is Cc1cc(/C=C(/C#N)C(=O)Nc2ccccc2Cl)cc(C)c1O. The van der Waals surface area contributed by atoms with Crippen molar-refractivity contribution in [2.45, 2.75) is 13.8 Å². The number of benzene rings is 2. The second kappa shape index (κ2) is 6.99. The molecule has 0 aromatic heterocycles. The van der Waals surface area contributed by atoms with Gasteiger partial charge in [-0.25, -0.2) is 0 Å². The fraction of sp³-hybridized carbons (Fsp3) is 0.111. The molecule has 1 amide bonds. The number of amides is 1. The first-order chi connectivity index (χ1) is 10.9. The highest BCUT2D eigenvalue weighted by atomic mass is 35.5. The number of hydrogen-bond donors (Lipinski definition) is 2. The van der Waals surface area contributed by atoms with Gasteiger partial charge in [-0.05, 0) is 60.9 Å². The highest BCUT2D eigenvalue weighted by Crippen LogP contribution is 2.25. The van der Waals surface area contributed by atoms with Crippen molar-refractivity contribution in [3.05, 3.63) is 63.7 Å². The molecule has 0 saturated heterocycles. The zero-order valence-corrected chi connectivity index (χ0v) is 13.5. The third-order valence-corrected chi connectivity index (χ3v) is 3.64. The maximum atomic E-state index is 12.2. The van der Waals surface area contributed by atoms with Crippen LogP contribution >= 0.6 is 11.6 Å². The number of aryl methyl sites for hydroxylation is 2. The molecular formula is C18H15ClN2O2. The van der Waals surface area contributed by atoms with E-state index in [-0.39, 0.29) is 11.3 Å². The molecule has 0 bridgehead atoms. The minimum Gasteiger partial charge on any atom is -0.507 e. The number of anilines is 1. The highest BCUT2D eigenvalue weighted by Gasteiger charge is 2.12. The van der Waals surface area contributed by atoms with E-state index in [0.717, 1.165) is 0 Å². The molecule has 4 nitrogen and oxygen atoms in total. The van der Waals surface area contributed by atoms with Crippen molar-refractivity contribution in [1.29, 1.82) is 5.26 Å². The largest absolute Gasteiger partial charge is 0.507 e. The summed E-state index contributed by atoms with van der Waals surface area (Å²) in [7, 11) is 0. The van der Waals surface area contributed by atoms with Gasteiger partial charge in [0.15, 0.2) is 0 Å². The van der Waals surface area contributed by atoms with E-state index in [1.54, 1.807) is 50.2 Å². The van der Waals surface area contributed by atoms with Gasteiger partial charge in [0, 0.05) is 0 Å². The summed E-state index contributed by atoms with van der Waals surface area (Å²) in [5, 5.41) is 22.0. The van der Waals surface area contributed by atoms with Crippen LogP contribution in [0.4, 0.5) is 5.69 Å². The van der Waals surface area contributed by atoms with Gasteiger partial charge in [-0.15, -0.1) is 0 Å². The summed E-state index contributed by atoms with van der Waals surface area (Å²) in [4.78, 5) is 12.2. The molecule has 0 spiro atoms. The van der Waals surface area contributed by atoms with E-state index in [4.69, 9.17) is 11.6 Å². The number of nitrogens with zero attached hydrogens (tertiary/aromatic N) is 1. The van der Waals surface area contributed by atoms with Crippen molar-refractivity contribution in [2.75, 3.05) is 5.32 Å². The summed E-state index contributed by atoms with van der Waals surface area (Å²) in [6.07, 6.45) is 1.48. The van der Waals surface area contributed by atoms with Crippen LogP contribution in [-0.2, 0) is 4.79 Å². The highest BCUT2D eigenvalue weighted by molar-refractivity contribution is 6.34. The molecule has 0 atom stereocenters. The smallest absolute Gasteiger partial charge is 0.266 e. The third-order valence-electron chi connectivity index (χ3n) is 3.31. The topological polar surface area (TPSA) is 73.1 Å². The van der Waals surface area contributed by atoms with Gasteiger partial charge in [0.25, 0.3) is 5.91 Å². The number of rotatable bonds is 3. The van der Waals surface area contributed by atoms with Crippen LogP contribution < -0.4 is 5.32 Å². The zero-order chi connectivity index (χ0) is 17.0. The molecule has 0 aliphatic heterocycles. The maximum absolute atomic E-state index is 12.2. The van der Waals surface area contributed by atoms with Crippen LogP contribution in [0.25, 0.3) is 6.08 Å². The summed E-state index contributed by atoms with van der Waals surface area (Å²) >= 11 is 5.99. The number of carbonyl (C=O) groups is 1. The average molecular weight is 327 g/mol. The molecule has 0 radical (unpaired) electrons. The number of phenols is 1. The molecule has 0 aliphatic carbocycles. The number of aromatic hydroxyl groups is 1. The summed E-state index contributed by atoms with van der Waals surface area (Å²) in [6, 6.07) is 12.1. The lowest BCUT2D eigenvalue weighted by molar-refractivity contribution is -0.112. The molecule has 0 aliphatic rings. The van der Waals surface area contributed by atoms with Gasteiger partial charge in [-0.3, -0.25) is 4.79 Å². The molecule has 0 unspecified atom stereocenters. The van der Waals surface area contributed by atoms with Gasteiger partial charge in [-0.2, -0.15) is 5.26 Å². The third kappa shape index (κ3) is 3.91. The van der Waals surface area contributed by atoms with Crippen molar-refractivity contribution in [3.63, 3.8) is 0 Å². The Morgan fingerprint density at radius 1 is 1.26 bits per heavy atom. The van der Waals surface area contributed by atoms with Crippen LogP contribution in [-0.4, -0.2) is 11.0 Å². The molecule has 116 valence electrons. The number of nitriles is 1. The zero-order valence-electron chi connectivity index (χ0n) is 12.7. The predicted molar refractivity (Wildman–Crippen MR) is 91.3 cm³/mol. The van der Waals surface area contributed by atoms with Crippen LogP contribution in [0.15, 0.2) is 42.0 Å². The average Bonchev–Trinajstić information content (AvgIpc) is 2.52. The molecular weight excluding hydrogens is 312 g/mol. The van der Waals surface area contributed by atoms with Gasteiger partial charge < -0.3 is 10.4 Å². The van der Waals surface area contributed by atoms with Crippen molar-refractivity contribution >= 4 is 29.3 Å². The van der Waals surface area contributed by atoms with Crippen LogP contribution in [0.1, 0.15) is 16.7 Å². The fourth-order valence-corrected chi connectivity index (χ4v) is 2.32. The monoisotopic (exact) mass is 326 g/mol. The predicted octanol–water partition coefficient (Wildman–Crippen LogP) is 4.21. The first-order valence-electron chi connectivity index (χ1n) is 6.90. The van der Waals surface area contributed by atoms with E-state index in [0.29, 0.717) is 27.4 Å². The summed E-state index contributed by atoms with van der Waals surface area (Å²) in [5.74, 6) is -0.329. The number of phenolic OH excluding ortho intramolecular Hbond substituents is 1. The van der Waals surface area contributed by atoms with E-state index in [2.05, 4.69) is 5.32 Å². The van der Waals surface area contributed by atoms with Gasteiger partial charge in [-0.1, -0.05) is 23.7 Å². The Morgan fingerprint density at radius 3 is 2.43 bits per heavy atom. The van der Waals surface area contributed by atoms with Crippen molar-refractivity contribution in [3.8, 4) is 11.8 Å². The fourth-order valence-electron chi connectivity index (χ4n) is 2.14. The van der Waals surface area contributed by atoms with Gasteiger partial charge >= 0.3 is 0 Å². The van der Waals surface area contributed by atoms with E-state index >= 15 is 0 Å². The molecule has 2 aromatic carbocycles. The Kier molecular flexibility index (Phi) is 5.05. The molecule has 2 N–H and O–H groups in total. The summed E-state index contributed by atoms with van der Waals surface area (Å²) in [5.41, 5.74) is 2.43. The summed E-state index contributed by atoms with van der Waals surface area (Å²) < 4.78 is 0. The van der Waals surface area contributed by atoms with Crippen molar-refractivity contribution in [1.82, 2.24) is 0 Å². The molecule has 5 heteroatoms. The van der Waals surface area contributed by atoms with Crippen molar-refractivity contribution < 1.29 is 9.90 Å². The summed E-state index contributed by atoms with van der Waals surface area (Å²) in [6.45, 7) is 3.52. The number of halogens is 1. The Labute approximate surface area is 139 Å². The Morgan fingerprint density at radius 2 is 1.87 bits per heavy atom.